The molecule has 1 unspecified atom stereocenters. The lowest BCUT2D eigenvalue weighted by Gasteiger charge is -2.29. The Balaban J connectivity index is 1.68. The molecule has 1 N–H and O–H groups in total. The fraction of sp³-hybridized carbons (Fsp3) is 0.364. The third-order valence-electron chi connectivity index (χ3n) is 5.70. The van der Waals surface area contributed by atoms with Crippen LogP contribution < -0.4 is 0 Å². The molecule has 7 heteroatoms. The summed E-state index contributed by atoms with van der Waals surface area (Å²) in [5, 5.41) is 13.6. The maximum atomic E-state index is 14.5. The largest absolute Gasteiger partial charge is 0.411 e. The summed E-state index contributed by atoms with van der Waals surface area (Å²) in [7, 11) is 2.06. The van der Waals surface area contributed by atoms with Gasteiger partial charge in [0.2, 0.25) is 0 Å². The van der Waals surface area contributed by atoms with Gasteiger partial charge in [-0.3, -0.25) is 4.99 Å². The summed E-state index contributed by atoms with van der Waals surface area (Å²) in [4.78, 5) is 6.72. The van der Waals surface area contributed by atoms with Crippen molar-refractivity contribution in [1.29, 1.82) is 0 Å². The summed E-state index contributed by atoms with van der Waals surface area (Å²) < 4.78 is 28.9. The molecule has 0 bridgehead atoms. The second kappa shape index (κ2) is 8.20. The first-order valence-electron chi connectivity index (χ1n) is 9.69. The molecule has 2 aromatic carbocycles. The maximum absolute atomic E-state index is 14.5. The Hall–Kier alpha value is -2.31. The van der Waals surface area contributed by atoms with Crippen molar-refractivity contribution in [2.24, 2.45) is 16.1 Å². The number of benzene rings is 2. The Bertz CT molecular complexity index is 1010. The molecule has 2 aromatic rings. The van der Waals surface area contributed by atoms with Gasteiger partial charge in [-0.25, -0.2) is 8.78 Å². The minimum absolute atomic E-state index is 0.0375. The van der Waals surface area contributed by atoms with E-state index in [4.69, 9.17) is 11.6 Å². The maximum Gasteiger partial charge on any atom is 0.184 e. The van der Waals surface area contributed by atoms with Crippen LogP contribution in [0.15, 0.2) is 40.5 Å². The van der Waals surface area contributed by atoms with Gasteiger partial charge in [0.15, 0.2) is 11.6 Å². The molecule has 0 aromatic heterocycles. The van der Waals surface area contributed by atoms with E-state index in [1.54, 1.807) is 18.2 Å². The Morgan fingerprint density at radius 3 is 2.90 bits per heavy atom. The van der Waals surface area contributed by atoms with E-state index in [1.165, 1.54) is 0 Å². The minimum atomic E-state index is -0.989. The molecule has 152 valence electrons. The summed E-state index contributed by atoms with van der Waals surface area (Å²) in [6, 6.07) is 8.25. The first-order chi connectivity index (χ1) is 14.0. The molecule has 2 heterocycles. The van der Waals surface area contributed by atoms with Crippen LogP contribution in [0.3, 0.4) is 0 Å². The van der Waals surface area contributed by atoms with Crippen LogP contribution in [-0.2, 0) is 12.8 Å². The van der Waals surface area contributed by atoms with Crippen LogP contribution in [0.1, 0.15) is 29.5 Å². The number of rotatable bonds is 4. The van der Waals surface area contributed by atoms with Gasteiger partial charge < -0.3 is 10.1 Å². The van der Waals surface area contributed by atoms with Gasteiger partial charge in [0.05, 0.1) is 5.71 Å². The van der Waals surface area contributed by atoms with Gasteiger partial charge in [0, 0.05) is 41.6 Å². The van der Waals surface area contributed by atoms with Crippen LogP contribution in [0.2, 0.25) is 5.02 Å². The van der Waals surface area contributed by atoms with Gasteiger partial charge in [-0.2, -0.15) is 0 Å². The number of likely N-dealkylation sites (tertiary alicyclic amines) is 1. The van der Waals surface area contributed by atoms with E-state index in [2.05, 4.69) is 22.1 Å². The van der Waals surface area contributed by atoms with Crippen LogP contribution in [0.25, 0.3) is 0 Å². The zero-order valence-electron chi connectivity index (χ0n) is 16.1. The molecule has 29 heavy (non-hydrogen) atoms. The highest BCUT2D eigenvalue weighted by molar-refractivity contribution is 6.30. The molecule has 0 saturated carbocycles. The molecule has 4 rings (SSSR count). The Morgan fingerprint density at radius 1 is 1.34 bits per heavy atom. The van der Waals surface area contributed by atoms with Crippen molar-refractivity contribution < 1.29 is 14.0 Å². The second-order valence-corrected chi connectivity index (χ2v) is 8.22. The number of aliphatic imine (C=N–C) groups is 1. The van der Waals surface area contributed by atoms with Gasteiger partial charge in [-0.05, 0) is 55.8 Å². The highest BCUT2D eigenvalue weighted by Gasteiger charge is 2.31. The van der Waals surface area contributed by atoms with E-state index in [0.29, 0.717) is 22.6 Å². The third-order valence-corrected chi connectivity index (χ3v) is 5.94. The number of oxime groups is 1. The van der Waals surface area contributed by atoms with E-state index in [-0.39, 0.29) is 23.7 Å². The number of halogens is 3. The van der Waals surface area contributed by atoms with Gasteiger partial charge in [0.1, 0.15) is 5.69 Å². The van der Waals surface area contributed by atoms with Crippen molar-refractivity contribution in [2.45, 2.75) is 25.7 Å². The van der Waals surface area contributed by atoms with Crippen LogP contribution in [0.5, 0.6) is 0 Å². The summed E-state index contributed by atoms with van der Waals surface area (Å²) in [6.07, 6.45) is 2.73. The molecular formula is C22H22ClF2N3O. The number of hydrogen-bond acceptors (Lipinski definition) is 4. The molecule has 4 nitrogen and oxygen atoms in total. The fourth-order valence-corrected chi connectivity index (χ4v) is 4.48. The molecule has 2 aliphatic rings. The van der Waals surface area contributed by atoms with E-state index < -0.39 is 11.6 Å². The normalized spacial score (nSPS) is 19.9. The molecule has 2 aliphatic heterocycles. The lowest BCUT2D eigenvalue weighted by Crippen LogP contribution is -2.36. The van der Waals surface area contributed by atoms with Gasteiger partial charge in [0.25, 0.3) is 0 Å². The first-order valence-corrected chi connectivity index (χ1v) is 10.1. The molecule has 0 spiro atoms. The second-order valence-electron chi connectivity index (χ2n) is 7.78. The fourth-order valence-electron chi connectivity index (χ4n) is 4.27. The Kier molecular flexibility index (Phi) is 5.65. The van der Waals surface area contributed by atoms with Gasteiger partial charge in [-0.1, -0.05) is 28.9 Å². The molecule has 0 amide bonds. The lowest BCUT2D eigenvalue weighted by molar-refractivity contribution is 0.246. The first kappa shape index (κ1) is 20.0. The lowest BCUT2D eigenvalue weighted by atomic mass is 9.89. The molecule has 1 fully saturated rings. The van der Waals surface area contributed by atoms with Gasteiger partial charge in [-0.15, -0.1) is 0 Å². The summed E-state index contributed by atoms with van der Waals surface area (Å²) in [5.74, 6) is -1.71. The summed E-state index contributed by atoms with van der Waals surface area (Å²) in [6.45, 7) is 1.89. The highest BCUT2D eigenvalue weighted by Crippen LogP contribution is 2.37. The standard InChI is InChI=1S/C22H22ClF2N3O/c1-28-7-3-5-14(12-28)19-11-17-16(10-18(24)21(25)22(17)26-19)20(27-29)9-13-4-2-6-15(23)8-13/h2,4,6,8,10,14,29H,3,5,7,9,11-12H2,1H3/b27-20+. The summed E-state index contributed by atoms with van der Waals surface area (Å²) >= 11 is 6.04. The highest BCUT2D eigenvalue weighted by atomic mass is 35.5. The quantitative estimate of drug-likeness (QED) is 0.432. The van der Waals surface area contributed by atoms with Crippen molar-refractivity contribution in [1.82, 2.24) is 4.90 Å². The van der Waals surface area contributed by atoms with Gasteiger partial charge >= 0.3 is 0 Å². The predicted octanol–water partition coefficient (Wildman–Crippen LogP) is 5.01. The van der Waals surface area contributed by atoms with Crippen molar-refractivity contribution in [3.8, 4) is 0 Å². The summed E-state index contributed by atoms with van der Waals surface area (Å²) in [5.41, 5.74) is 2.97. The van der Waals surface area contributed by atoms with Crippen LogP contribution in [0, 0.1) is 17.6 Å². The average molecular weight is 418 g/mol. The van der Waals surface area contributed by atoms with Crippen molar-refractivity contribution >= 4 is 28.7 Å². The van der Waals surface area contributed by atoms with E-state index >= 15 is 0 Å². The molecular weight excluding hydrogens is 396 g/mol. The monoisotopic (exact) mass is 417 g/mol. The number of piperidine rings is 1. The zero-order chi connectivity index (χ0) is 20.5. The average Bonchev–Trinajstić information content (AvgIpc) is 3.15. The van der Waals surface area contributed by atoms with Crippen molar-refractivity contribution in [3.05, 3.63) is 63.7 Å². The van der Waals surface area contributed by atoms with Crippen LogP contribution in [0.4, 0.5) is 14.5 Å². The zero-order valence-corrected chi connectivity index (χ0v) is 16.9. The number of fused-ring (bicyclic) bond motifs is 1. The van der Waals surface area contributed by atoms with E-state index in [0.717, 1.165) is 43.3 Å². The predicted molar refractivity (Wildman–Crippen MR) is 111 cm³/mol. The molecule has 1 atom stereocenters. The molecule has 1 saturated heterocycles. The molecule has 0 aliphatic carbocycles. The van der Waals surface area contributed by atoms with Crippen LogP contribution >= 0.6 is 11.6 Å². The third kappa shape index (κ3) is 4.05. The Morgan fingerprint density at radius 2 is 2.17 bits per heavy atom. The number of nitrogens with zero attached hydrogens (tertiary/aromatic N) is 3. The van der Waals surface area contributed by atoms with E-state index in [9.17, 15) is 14.0 Å². The minimum Gasteiger partial charge on any atom is -0.411 e. The SMILES string of the molecule is CN1CCCC(C2=Nc3c(F)c(F)cc(/C(Cc4cccc(Cl)c4)=N/O)c3C2)C1. The van der Waals surface area contributed by atoms with Crippen molar-refractivity contribution in [3.63, 3.8) is 0 Å². The van der Waals surface area contributed by atoms with E-state index in [1.807, 2.05) is 6.07 Å². The number of hydrogen-bond donors (Lipinski definition) is 1. The Labute approximate surface area is 173 Å². The van der Waals surface area contributed by atoms with Crippen LogP contribution in [-0.4, -0.2) is 41.7 Å². The molecule has 0 radical (unpaired) electrons. The topological polar surface area (TPSA) is 48.2 Å². The smallest absolute Gasteiger partial charge is 0.184 e. The van der Waals surface area contributed by atoms with Crippen molar-refractivity contribution in [2.75, 3.05) is 20.1 Å².